The molecule has 0 spiro atoms. The molecule has 0 aliphatic rings. The van der Waals surface area contributed by atoms with Crippen LogP contribution < -0.4 is 0 Å². The molecular weight excluding hydrogens is 220 g/mol. The molecular formula is C17H28O. The smallest absolute Gasteiger partial charge is 0.119 e. The molecule has 0 bridgehead atoms. The van der Waals surface area contributed by atoms with Gasteiger partial charge in [-0.3, -0.25) is 0 Å². The zero-order valence-corrected chi connectivity index (χ0v) is 13.2. The van der Waals surface area contributed by atoms with Crippen LogP contribution in [0.1, 0.15) is 66.5 Å². The first-order chi connectivity index (χ1) is 7.87. The average molecular weight is 248 g/mol. The quantitative estimate of drug-likeness (QED) is 0.740. The Labute approximate surface area is 112 Å². The van der Waals surface area contributed by atoms with E-state index in [-0.39, 0.29) is 16.2 Å². The van der Waals surface area contributed by atoms with Crippen molar-refractivity contribution < 1.29 is 5.11 Å². The van der Waals surface area contributed by atoms with Crippen molar-refractivity contribution in [3.63, 3.8) is 0 Å². The van der Waals surface area contributed by atoms with Crippen molar-refractivity contribution in [2.45, 2.75) is 66.2 Å². The third-order valence-electron chi connectivity index (χ3n) is 4.40. The SMILES string of the molecule is CC(C)(C)c1cc(C(C)(C)C(C)(C)C)ccc1O. The van der Waals surface area contributed by atoms with E-state index in [1.54, 1.807) is 0 Å². The summed E-state index contributed by atoms with van der Waals surface area (Å²) in [5, 5.41) is 10.0. The van der Waals surface area contributed by atoms with Gasteiger partial charge < -0.3 is 5.11 Å². The fraction of sp³-hybridized carbons (Fsp3) is 0.647. The van der Waals surface area contributed by atoms with Gasteiger partial charge in [-0.2, -0.15) is 0 Å². The Bertz CT molecular complexity index is 428. The minimum atomic E-state index is -0.0337. The maximum atomic E-state index is 10.0. The molecule has 0 saturated carbocycles. The van der Waals surface area contributed by atoms with E-state index in [0.717, 1.165) is 5.56 Å². The highest BCUT2D eigenvalue weighted by Crippen LogP contribution is 2.43. The van der Waals surface area contributed by atoms with Crippen LogP contribution in [0.3, 0.4) is 0 Å². The summed E-state index contributed by atoms with van der Waals surface area (Å²) in [4.78, 5) is 0. The molecule has 1 aromatic carbocycles. The van der Waals surface area contributed by atoms with Crippen molar-refractivity contribution in [3.05, 3.63) is 29.3 Å². The zero-order valence-electron chi connectivity index (χ0n) is 13.2. The topological polar surface area (TPSA) is 20.2 Å². The summed E-state index contributed by atoms with van der Waals surface area (Å²) in [5.74, 6) is 0.399. The van der Waals surface area contributed by atoms with Crippen LogP contribution in [-0.2, 0) is 10.8 Å². The highest BCUT2D eigenvalue weighted by molar-refractivity contribution is 5.43. The minimum Gasteiger partial charge on any atom is -0.508 e. The number of hydrogen-bond donors (Lipinski definition) is 1. The summed E-state index contributed by atoms with van der Waals surface area (Å²) in [7, 11) is 0. The average Bonchev–Trinajstić information content (AvgIpc) is 2.14. The van der Waals surface area contributed by atoms with E-state index < -0.39 is 0 Å². The third kappa shape index (κ3) is 2.71. The molecule has 1 nitrogen and oxygen atoms in total. The van der Waals surface area contributed by atoms with Gasteiger partial charge >= 0.3 is 0 Å². The van der Waals surface area contributed by atoms with Crippen molar-refractivity contribution >= 4 is 0 Å². The van der Waals surface area contributed by atoms with Crippen LogP contribution >= 0.6 is 0 Å². The Morgan fingerprint density at radius 1 is 0.833 bits per heavy atom. The molecule has 1 N–H and O–H groups in total. The van der Waals surface area contributed by atoms with Crippen molar-refractivity contribution in [1.82, 2.24) is 0 Å². The van der Waals surface area contributed by atoms with E-state index in [4.69, 9.17) is 0 Å². The fourth-order valence-corrected chi connectivity index (χ4v) is 1.96. The first-order valence-corrected chi connectivity index (χ1v) is 6.71. The van der Waals surface area contributed by atoms with Gasteiger partial charge in [-0.25, -0.2) is 0 Å². The number of rotatable bonds is 1. The normalized spacial score (nSPS) is 13.8. The second-order valence-corrected chi connectivity index (χ2v) is 7.86. The van der Waals surface area contributed by atoms with E-state index in [1.165, 1.54) is 5.56 Å². The predicted molar refractivity (Wildman–Crippen MR) is 79.3 cm³/mol. The van der Waals surface area contributed by atoms with Crippen LogP contribution in [0, 0.1) is 5.41 Å². The van der Waals surface area contributed by atoms with Gasteiger partial charge in [0.25, 0.3) is 0 Å². The van der Waals surface area contributed by atoms with Crippen molar-refractivity contribution in [2.75, 3.05) is 0 Å². The number of aromatic hydroxyl groups is 1. The molecule has 0 atom stereocenters. The summed E-state index contributed by atoms with van der Waals surface area (Å²) in [6, 6.07) is 6.06. The van der Waals surface area contributed by atoms with Crippen molar-refractivity contribution in [3.8, 4) is 5.75 Å². The summed E-state index contributed by atoms with van der Waals surface area (Å²) >= 11 is 0. The number of benzene rings is 1. The largest absolute Gasteiger partial charge is 0.508 e. The predicted octanol–water partition coefficient (Wildman–Crippen LogP) is 5.01. The van der Waals surface area contributed by atoms with Gasteiger partial charge in [0.05, 0.1) is 0 Å². The zero-order chi connectivity index (χ0) is 14.4. The molecule has 18 heavy (non-hydrogen) atoms. The molecule has 1 heteroatoms. The van der Waals surface area contributed by atoms with E-state index in [9.17, 15) is 5.11 Å². The molecule has 0 aromatic heterocycles. The lowest BCUT2D eigenvalue weighted by Crippen LogP contribution is -2.34. The summed E-state index contributed by atoms with van der Waals surface area (Å²) in [6.07, 6.45) is 0. The molecule has 0 fully saturated rings. The van der Waals surface area contributed by atoms with E-state index in [1.807, 2.05) is 6.07 Å². The first kappa shape index (κ1) is 15.1. The highest BCUT2D eigenvalue weighted by atomic mass is 16.3. The lowest BCUT2D eigenvalue weighted by atomic mass is 9.64. The molecule has 0 saturated heterocycles. The van der Waals surface area contributed by atoms with Crippen LogP contribution in [0.2, 0.25) is 0 Å². The maximum absolute atomic E-state index is 10.0. The van der Waals surface area contributed by atoms with Gasteiger partial charge in [-0.05, 0) is 33.4 Å². The molecule has 0 heterocycles. The van der Waals surface area contributed by atoms with Crippen LogP contribution in [0.4, 0.5) is 0 Å². The number of phenolic OH excluding ortho intramolecular Hbond substituents is 1. The second-order valence-electron chi connectivity index (χ2n) is 7.86. The van der Waals surface area contributed by atoms with Gasteiger partial charge in [-0.15, -0.1) is 0 Å². The van der Waals surface area contributed by atoms with Gasteiger partial charge in [0.2, 0.25) is 0 Å². The van der Waals surface area contributed by atoms with Crippen LogP contribution in [0.5, 0.6) is 5.75 Å². The molecule has 1 aromatic rings. The van der Waals surface area contributed by atoms with Crippen LogP contribution in [-0.4, -0.2) is 5.11 Å². The summed E-state index contributed by atoms with van der Waals surface area (Å²) < 4.78 is 0. The Morgan fingerprint density at radius 3 is 1.72 bits per heavy atom. The summed E-state index contributed by atoms with van der Waals surface area (Å²) in [5.41, 5.74) is 2.53. The highest BCUT2D eigenvalue weighted by Gasteiger charge is 2.35. The summed E-state index contributed by atoms with van der Waals surface area (Å²) in [6.45, 7) is 17.7. The van der Waals surface area contributed by atoms with Crippen molar-refractivity contribution in [1.29, 1.82) is 0 Å². The molecule has 0 radical (unpaired) electrons. The van der Waals surface area contributed by atoms with Gasteiger partial charge in [-0.1, -0.05) is 67.5 Å². The van der Waals surface area contributed by atoms with Gasteiger partial charge in [0.15, 0.2) is 0 Å². The first-order valence-electron chi connectivity index (χ1n) is 6.71. The van der Waals surface area contributed by atoms with E-state index in [2.05, 4.69) is 67.5 Å². The molecule has 0 aliphatic carbocycles. The third-order valence-corrected chi connectivity index (χ3v) is 4.40. The monoisotopic (exact) mass is 248 g/mol. The fourth-order valence-electron chi connectivity index (χ4n) is 1.96. The molecule has 102 valence electrons. The molecule has 1 rings (SSSR count). The lowest BCUT2D eigenvalue weighted by Gasteiger charge is -2.40. The molecule has 0 amide bonds. The Morgan fingerprint density at radius 2 is 1.33 bits per heavy atom. The van der Waals surface area contributed by atoms with Crippen molar-refractivity contribution in [2.24, 2.45) is 5.41 Å². The van der Waals surface area contributed by atoms with Gasteiger partial charge in [0, 0.05) is 0 Å². The second kappa shape index (κ2) is 4.29. The Balaban J connectivity index is 3.38. The Kier molecular flexibility index (Phi) is 3.60. The standard InChI is InChI=1S/C17H28O/c1-15(2,3)13-11-12(9-10-14(13)18)17(7,8)16(4,5)6/h9-11,18H,1-8H3. The number of phenols is 1. The van der Waals surface area contributed by atoms with E-state index >= 15 is 0 Å². The minimum absolute atomic E-state index is 0.0337. The lowest BCUT2D eigenvalue weighted by molar-refractivity contribution is 0.225. The van der Waals surface area contributed by atoms with Crippen LogP contribution in [0.15, 0.2) is 18.2 Å². The van der Waals surface area contributed by atoms with Gasteiger partial charge in [0.1, 0.15) is 5.75 Å². The molecule has 0 aliphatic heterocycles. The van der Waals surface area contributed by atoms with E-state index in [0.29, 0.717) is 5.75 Å². The number of hydrogen-bond acceptors (Lipinski definition) is 1. The Hall–Kier alpha value is -0.980. The van der Waals surface area contributed by atoms with Crippen LogP contribution in [0.25, 0.3) is 0 Å². The molecule has 0 unspecified atom stereocenters. The maximum Gasteiger partial charge on any atom is 0.119 e.